The number of rotatable bonds is 4. The van der Waals surface area contributed by atoms with Crippen LogP contribution in [0.5, 0.6) is 5.75 Å². The first kappa shape index (κ1) is 18.0. The van der Waals surface area contributed by atoms with Crippen molar-refractivity contribution in [3.8, 4) is 5.75 Å². The molecule has 1 amide bonds. The minimum absolute atomic E-state index is 0.0567. The number of pyridine rings is 1. The van der Waals surface area contributed by atoms with Gasteiger partial charge in [-0.3, -0.25) is 9.78 Å². The van der Waals surface area contributed by atoms with Gasteiger partial charge in [-0.2, -0.15) is 0 Å². The van der Waals surface area contributed by atoms with Crippen LogP contribution < -0.4 is 10.1 Å². The van der Waals surface area contributed by atoms with Gasteiger partial charge in [0.25, 0.3) is 0 Å². The molecule has 2 aromatic rings. The van der Waals surface area contributed by atoms with Crippen LogP contribution in [0.1, 0.15) is 45.9 Å². The second-order valence-corrected chi connectivity index (χ2v) is 7.49. The molecule has 0 unspecified atom stereocenters. The summed E-state index contributed by atoms with van der Waals surface area (Å²) in [6, 6.07) is 11.3. The molecule has 24 heavy (non-hydrogen) atoms. The molecule has 1 heterocycles. The molecular weight excluding hydrogens is 300 g/mol. The molecule has 2 rings (SSSR count). The highest BCUT2D eigenvalue weighted by atomic mass is 16.5. The maximum atomic E-state index is 12.8. The van der Waals surface area contributed by atoms with Gasteiger partial charge in [0.1, 0.15) is 5.75 Å². The molecular formula is C20H26N2O2. The van der Waals surface area contributed by atoms with E-state index < -0.39 is 5.41 Å². The first-order valence-corrected chi connectivity index (χ1v) is 8.07. The fourth-order valence-electron chi connectivity index (χ4n) is 2.34. The van der Waals surface area contributed by atoms with E-state index in [1.54, 1.807) is 13.3 Å². The van der Waals surface area contributed by atoms with Gasteiger partial charge in [-0.25, -0.2) is 0 Å². The summed E-state index contributed by atoms with van der Waals surface area (Å²) in [4.78, 5) is 17.2. The molecule has 1 N–H and O–H groups in total. The van der Waals surface area contributed by atoms with Gasteiger partial charge in [-0.15, -0.1) is 0 Å². The van der Waals surface area contributed by atoms with Gasteiger partial charge in [0, 0.05) is 23.0 Å². The maximum absolute atomic E-state index is 12.8. The SMILES string of the molecule is COc1ccc(C(C)(C)C(=O)Nc2ccnc(C(C)(C)C)c2)cc1. The molecule has 0 saturated heterocycles. The Bertz CT molecular complexity index is 713. The van der Waals surface area contributed by atoms with Gasteiger partial charge in [-0.1, -0.05) is 32.9 Å². The van der Waals surface area contributed by atoms with E-state index in [-0.39, 0.29) is 11.3 Å². The number of nitrogens with one attached hydrogen (secondary N) is 1. The molecule has 1 aromatic heterocycles. The Morgan fingerprint density at radius 1 is 1.04 bits per heavy atom. The number of carbonyl (C=O) groups excluding carboxylic acids is 1. The number of aromatic nitrogens is 1. The molecule has 4 nitrogen and oxygen atoms in total. The fourth-order valence-corrected chi connectivity index (χ4v) is 2.34. The smallest absolute Gasteiger partial charge is 0.234 e. The number of nitrogens with zero attached hydrogens (tertiary/aromatic N) is 1. The third-order valence-electron chi connectivity index (χ3n) is 4.17. The van der Waals surface area contributed by atoms with Crippen LogP contribution in [0, 0.1) is 0 Å². The van der Waals surface area contributed by atoms with Crippen molar-refractivity contribution in [3.63, 3.8) is 0 Å². The number of methoxy groups -OCH3 is 1. The first-order valence-electron chi connectivity index (χ1n) is 8.07. The van der Waals surface area contributed by atoms with Gasteiger partial charge in [-0.05, 0) is 43.7 Å². The second-order valence-electron chi connectivity index (χ2n) is 7.49. The van der Waals surface area contributed by atoms with Crippen LogP contribution in [0.25, 0.3) is 0 Å². The first-order chi connectivity index (χ1) is 11.1. The summed E-state index contributed by atoms with van der Waals surface area (Å²) in [5.74, 6) is 0.720. The van der Waals surface area contributed by atoms with Gasteiger partial charge in [0.05, 0.1) is 12.5 Å². The number of ether oxygens (including phenoxy) is 1. The van der Waals surface area contributed by atoms with E-state index in [0.717, 1.165) is 22.7 Å². The van der Waals surface area contributed by atoms with Crippen molar-refractivity contribution in [1.82, 2.24) is 4.98 Å². The molecule has 0 atom stereocenters. The molecule has 128 valence electrons. The number of hydrogen-bond acceptors (Lipinski definition) is 3. The van der Waals surface area contributed by atoms with Crippen molar-refractivity contribution in [1.29, 1.82) is 0 Å². The van der Waals surface area contributed by atoms with Gasteiger partial charge < -0.3 is 10.1 Å². The Kier molecular flexibility index (Phi) is 4.97. The Labute approximate surface area is 144 Å². The summed E-state index contributed by atoms with van der Waals surface area (Å²) in [5.41, 5.74) is 1.93. The minimum atomic E-state index is -0.655. The van der Waals surface area contributed by atoms with E-state index in [1.165, 1.54) is 0 Å². The lowest BCUT2D eigenvalue weighted by atomic mass is 9.83. The average Bonchev–Trinajstić information content (AvgIpc) is 2.54. The Morgan fingerprint density at radius 2 is 1.67 bits per heavy atom. The quantitative estimate of drug-likeness (QED) is 0.911. The second kappa shape index (κ2) is 6.63. The highest BCUT2D eigenvalue weighted by Gasteiger charge is 2.30. The Hall–Kier alpha value is -2.36. The lowest BCUT2D eigenvalue weighted by molar-refractivity contribution is -0.120. The minimum Gasteiger partial charge on any atom is -0.497 e. The predicted octanol–water partition coefficient (Wildman–Crippen LogP) is 4.30. The predicted molar refractivity (Wildman–Crippen MR) is 97.6 cm³/mol. The topological polar surface area (TPSA) is 51.2 Å². The fraction of sp³-hybridized carbons (Fsp3) is 0.400. The summed E-state index contributed by atoms with van der Waals surface area (Å²) in [6.07, 6.45) is 1.73. The molecule has 0 aliphatic carbocycles. The number of amides is 1. The largest absolute Gasteiger partial charge is 0.497 e. The third kappa shape index (κ3) is 3.94. The van der Waals surface area contributed by atoms with E-state index in [0.29, 0.717) is 0 Å². The van der Waals surface area contributed by atoms with E-state index in [2.05, 4.69) is 31.1 Å². The summed E-state index contributed by atoms with van der Waals surface area (Å²) in [7, 11) is 1.63. The molecule has 0 bridgehead atoms. The molecule has 0 aliphatic rings. The average molecular weight is 326 g/mol. The van der Waals surface area contributed by atoms with Crippen molar-refractivity contribution >= 4 is 11.6 Å². The monoisotopic (exact) mass is 326 g/mol. The van der Waals surface area contributed by atoms with Gasteiger partial charge >= 0.3 is 0 Å². The van der Waals surface area contributed by atoms with Crippen LogP contribution in [0.2, 0.25) is 0 Å². The van der Waals surface area contributed by atoms with Crippen LogP contribution in [-0.2, 0) is 15.6 Å². The molecule has 0 saturated carbocycles. The van der Waals surface area contributed by atoms with Crippen molar-refractivity contribution in [2.24, 2.45) is 0 Å². The molecule has 0 radical (unpaired) electrons. The van der Waals surface area contributed by atoms with Crippen LogP contribution in [-0.4, -0.2) is 18.0 Å². The standard InChI is InChI=1S/C20H26N2O2/c1-19(2,3)17-13-15(11-12-21-17)22-18(23)20(4,5)14-7-9-16(24-6)10-8-14/h7-13H,1-6H3,(H,21,22,23). The Balaban J connectivity index is 2.21. The van der Waals surface area contributed by atoms with Crippen LogP contribution in [0.3, 0.4) is 0 Å². The summed E-state index contributed by atoms with van der Waals surface area (Å²) in [6.45, 7) is 10.1. The number of anilines is 1. The molecule has 0 spiro atoms. The van der Waals surface area contributed by atoms with E-state index in [4.69, 9.17) is 4.74 Å². The van der Waals surface area contributed by atoms with E-state index >= 15 is 0 Å². The van der Waals surface area contributed by atoms with Crippen LogP contribution in [0.4, 0.5) is 5.69 Å². The Morgan fingerprint density at radius 3 is 2.21 bits per heavy atom. The molecule has 1 aromatic carbocycles. The highest BCUT2D eigenvalue weighted by molar-refractivity contribution is 5.98. The van der Waals surface area contributed by atoms with E-state index in [9.17, 15) is 4.79 Å². The highest BCUT2D eigenvalue weighted by Crippen LogP contribution is 2.28. The van der Waals surface area contributed by atoms with Crippen molar-refractivity contribution in [3.05, 3.63) is 53.9 Å². The zero-order valence-electron chi connectivity index (χ0n) is 15.3. The lowest BCUT2D eigenvalue weighted by Crippen LogP contribution is -2.34. The number of benzene rings is 1. The molecule has 4 heteroatoms. The summed E-state index contributed by atoms with van der Waals surface area (Å²) in [5, 5.41) is 3.01. The van der Waals surface area contributed by atoms with E-state index in [1.807, 2.05) is 50.2 Å². The van der Waals surface area contributed by atoms with Gasteiger partial charge in [0.15, 0.2) is 0 Å². The maximum Gasteiger partial charge on any atom is 0.234 e. The number of hydrogen-bond donors (Lipinski definition) is 1. The zero-order valence-corrected chi connectivity index (χ0v) is 15.3. The molecule has 0 fully saturated rings. The van der Waals surface area contributed by atoms with Gasteiger partial charge in [0.2, 0.25) is 5.91 Å². The number of carbonyl (C=O) groups is 1. The summed E-state index contributed by atoms with van der Waals surface area (Å²) >= 11 is 0. The third-order valence-corrected chi connectivity index (χ3v) is 4.17. The zero-order chi connectivity index (χ0) is 18.0. The van der Waals surface area contributed by atoms with Crippen LogP contribution in [0.15, 0.2) is 42.6 Å². The summed E-state index contributed by atoms with van der Waals surface area (Å²) < 4.78 is 5.18. The van der Waals surface area contributed by atoms with Crippen molar-refractivity contribution in [2.75, 3.05) is 12.4 Å². The van der Waals surface area contributed by atoms with Crippen molar-refractivity contribution < 1.29 is 9.53 Å². The lowest BCUT2D eigenvalue weighted by Gasteiger charge is -2.25. The normalized spacial score (nSPS) is 11.9. The molecule has 0 aliphatic heterocycles. The van der Waals surface area contributed by atoms with Crippen molar-refractivity contribution in [2.45, 2.75) is 45.4 Å². The van der Waals surface area contributed by atoms with Crippen LogP contribution >= 0.6 is 0 Å².